The number of amides is 3. The zero-order valence-electron chi connectivity index (χ0n) is 22.3. The Morgan fingerprint density at radius 3 is 2.22 bits per heavy atom. The minimum absolute atomic E-state index is 0.0205. The third kappa shape index (κ3) is 5.69. The number of aryl methyl sites for hydroxylation is 2. The molecule has 0 unspecified atom stereocenters. The van der Waals surface area contributed by atoms with Gasteiger partial charge >= 0.3 is 12.0 Å². The Morgan fingerprint density at radius 1 is 1.00 bits per heavy atom. The number of esters is 1. The van der Waals surface area contributed by atoms with E-state index in [2.05, 4.69) is 10.2 Å². The molecule has 2 aromatic carbocycles. The van der Waals surface area contributed by atoms with E-state index >= 15 is 0 Å². The predicted octanol–water partition coefficient (Wildman–Crippen LogP) is 3.66. The Bertz CT molecular complexity index is 1190. The third-order valence-corrected chi connectivity index (χ3v) is 7.13. The van der Waals surface area contributed by atoms with Crippen LogP contribution in [0.2, 0.25) is 0 Å². The number of carbonyl (C=O) groups is 3. The number of hydrogen-bond donors (Lipinski definition) is 1. The quantitative estimate of drug-likeness (QED) is 0.607. The third-order valence-electron chi connectivity index (χ3n) is 7.13. The normalized spacial score (nSPS) is 20.6. The maximum absolute atomic E-state index is 13.2. The van der Waals surface area contributed by atoms with E-state index in [9.17, 15) is 14.4 Å². The molecule has 0 saturated carbocycles. The fourth-order valence-corrected chi connectivity index (χ4v) is 4.96. The first kappa shape index (κ1) is 26.4. The monoisotopic (exact) mass is 504 g/mol. The van der Waals surface area contributed by atoms with E-state index in [0.717, 1.165) is 16.7 Å². The van der Waals surface area contributed by atoms with E-state index < -0.39 is 12.0 Å². The van der Waals surface area contributed by atoms with Crippen LogP contribution in [0, 0.1) is 13.8 Å². The van der Waals surface area contributed by atoms with Crippen LogP contribution in [0.4, 0.5) is 4.79 Å². The molecule has 2 aliphatic heterocycles. The number of carbonyl (C=O) groups excluding carboxylic acids is 3. The van der Waals surface area contributed by atoms with Gasteiger partial charge in [-0.15, -0.1) is 0 Å². The van der Waals surface area contributed by atoms with Crippen LogP contribution in [0.3, 0.4) is 0 Å². The summed E-state index contributed by atoms with van der Waals surface area (Å²) in [5.74, 6) is -0.414. The molecule has 37 heavy (non-hydrogen) atoms. The molecule has 1 fully saturated rings. The van der Waals surface area contributed by atoms with Gasteiger partial charge in [-0.2, -0.15) is 0 Å². The van der Waals surface area contributed by atoms with Crippen molar-refractivity contribution >= 4 is 17.9 Å². The molecule has 0 bridgehead atoms. The Labute approximate surface area is 218 Å². The van der Waals surface area contributed by atoms with Crippen molar-refractivity contribution in [3.63, 3.8) is 0 Å². The second-order valence-electron chi connectivity index (χ2n) is 9.88. The molecular weight excluding hydrogens is 468 g/mol. The number of benzene rings is 2. The Balaban J connectivity index is 1.59. The summed E-state index contributed by atoms with van der Waals surface area (Å²) in [5.41, 5.74) is 4.79. The summed E-state index contributed by atoms with van der Waals surface area (Å²) in [6.45, 7) is 10.3. The largest absolute Gasteiger partial charge is 0.463 e. The van der Waals surface area contributed by atoms with E-state index in [1.54, 1.807) is 14.0 Å². The molecule has 2 heterocycles. The maximum Gasteiger partial charge on any atom is 0.338 e. The molecule has 3 amide bonds. The van der Waals surface area contributed by atoms with Crippen LogP contribution in [0.15, 0.2) is 59.8 Å². The van der Waals surface area contributed by atoms with Crippen LogP contribution in [-0.2, 0) is 9.53 Å². The summed E-state index contributed by atoms with van der Waals surface area (Å²) < 4.78 is 5.44. The fraction of sp³-hybridized carbons (Fsp3) is 0.414. The fourth-order valence-electron chi connectivity index (χ4n) is 4.96. The number of piperazine rings is 1. The molecule has 0 aliphatic carbocycles. The number of nitrogens with zero attached hydrogens (tertiary/aromatic N) is 3. The number of likely N-dealkylation sites (N-methyl/N-ethyl adjacent to an activating group) is 1. The van der Waals surface area contributed by atoms with Crippen molar-refractivity contribution in [1.82, 2.24) is 20.0 Å². The summed E-state index contributed by atoms with van der Waals surface area (Å²) in [6.07, 6.45) is 0. The lowest BCUT2D eigenvalue weighted by molar-refractivity contribution is -0.139. The second-order valence-corrected chi connectivity index (χ2v) is 9.88. The van der Waals surface area contributed by atoms with E-state index in [4.69, 9.17) is 4.74 Å². The van der Waals surface area contributed by atoms with Gasteiger partial charge in [0.15, 0.2) is 0 Å². The van der Waals surface area contributed by atoms with Gasteiger partial charge in [-0.1, -0.05) is 47.5 Å². The highest BCUT2D eigenvalue weighted by Gasteiger charge is 2.38. The molecule has 2 aliphatic rings. The van der Waals surface area contributed by atoms with Crippen LogP contribution in [0.5, 0.6) is 0 Å². The van der Waals surface area contributed by atoms with Gasteiger partial charge in [0.1, 0.15) is 0 Å². The van der Waals surface area contributed by atoms with Crippen molar-refractivity contribution in [2.75, 3.05) is 39.8 Å². The molecule has 1 saturated heterocycles. The SMILES string of the molecule is CCOC(=O)C1=C(CN2CCN(C(=O)c3ccc(C)cc3)[C@@H](C)C2)N(C)C(=O)N[C@H]1c1ccc(C)cc1. The van der Waals surface area contributed by atoms with E-state index in [1.165, 1.54) is 4.90 Å². The zero-order chi connectivity index (χ0) is 26.7. The van der Waals surface area contributed by atoms with Crippen molar-refractivity contribution in [1.29, 1.82) is 0 Å². The van der Waals surface area contributed by atoms with Crippen LogP contribution in [-0.4, -0.2) is 78.5 Å². The average molecular weight is 505 g/mol. The molecule has 4 rings (SSSR count). The molecule has 196 valence electrons. The van der Waals surface area contributed by atoms with Gasteiger partial charge < -0.3 is 15.0 Å². The van der Waals surface area contributed by atoms with Crippen LogP contribution in [0.1, 0.15) is 46.9 Å². The summed E-state index contributed by atoms with van der Waals surface area (Å²) in [6, 6.07) is 14.5. The summed E-state index contributed by atoms with van der Waals surface area (Å²) in [4.78, 5) is 44.9. The lowest BCUT2D eigenvalue weighted by atomic mass is 9.93. The first-order valence-electron chi connectivity index (χ1n) is 12.8. The second kappa shape index (κ2) is 11.2. The van der Waals surface area contributed by atoms with Crippen molar-refractivity contribution in [3.05, 3.63) is 82.1 Å². The standard InChI is InChI=1S/C29H36N4O4/c1-6-37-28(35)25-24(31(5)29(36)30-26(25)22-11-7-19(2)8-12-22)18-32-15-16-33(21(4)17-32)27(34)23-13-9-20(3)10-14-23/h7-14,21,26H,6,15-18H2,1-5H3,(H,30,36)/t21-,26-/m0/s1. The minimum Gasteiger partial charge on any atom is -0.463 e. The van der Waals surface area contributed by atoms with Gasteiger partial charge in [-0.3, -0.25) is 14.6 Å². The molecular formula is C29H36N4O4. The van der Waals surface area contributed by atoms with Crippen molar-refractivity contribution in [2.45, 2.75) is 39.8 Å². The number of ether oxygens (including phenoxy) is 1. The van der Waals surface area contributed by atoms with Crippen LogP contribution in [0.25, 0.3) is 0 Å². The maximum atomic E-state index is 13.2. The number of hydrogen-bond acceptors (Lipinski definition) is 5. The molecule has 2 atom stereocenters. The van der Waals surface area contributed by atoms with Crippen LogP contribution >= 0.6 is 0 Å². The van der Waals surface area contributed by atoms with Gasteiger partial charge in [-0.25, -0.2) is 9.59 Å². The average Bonchev–Trinajstić information content (AvgIpc) is 2.87. The van der Waals surface area contributed by atoms with E-state index in [-0.39, 0.29) is 24.6 Å². The van der Waals surface area contributed by atoms with E-state index in [0.29, 0.717) is 43.0 Å². The molecule has 8 heteroatoms. The smallest absolute Gasteiger partial charge is 0.338 e. The minimum atomic E-state index is -0.597. The topological polar surface area (TPSA) is 82.2 Å². The lowest BCUT2D eigenvalue weighted by Gasteiger charge is -2.42. The highest BCUT2D eigenvalue weighted by atomic mass is 16.5. The van der Waals surface area contributed by atoms with Gasteiger partial charge in [0, 0.05) is 50.5 Å². The summed E-state index contributed by atoms with van der Waals surface area (Å²) >= 11 is 0. The zero-order valence-corrected chi connectivity index (χ0v) is 22.3. The number of rotatable bonds is 6. The van der Waals surface area contributed by atoms with Gasteiger partial charge in [0.25, 0.3) is 5.91 Å². The Morgan fingerprint density at radius 2 is 1.62 bits per heavy atom. The molecule has 8 nitrogen and oxygen atoms in total. The molecule has 2 aromatic rings. The highest BCUT2D eigenvalue weighted by Crippen LogP contribution is 2.32. The highest BCUT2D eigenvalue weighted by molar-refractivity contribution is 5.95. The van der Waals surface area contributed by atoms with Gasteiger partial charge in [0.2, 0.25) is 0 Å². The van der Waals surface area contributed by atoms with Gasteiger partial charge in [-0.05, 0) is 45.4 Å². The molecule has 0 spiro atoms. The first-order chi connectivity index (χ1) is 17.7. The van der Waals surface area contributed by atoms with Gasteiger partial charge in [0.05, 0.1) is 18.2 Å². The summed E-state index contributed by atoms with van der Waals surface area (Å²) in [7, 11) is 1.68. The molecule has 1 N–H and O–H groups in total. The lowest BCUT2D eigenvalue weighted by Crippen LogP contribution is -2.56. The van der Waals surface area contributed by atoms with Crippen molar-refractivity contribution in [3.8, 4) is 0 Å². The van der Waals surface area contributed by atoms with Crippen LogP contribution < -0.4 is 5.32 Å². The predicted molar refractivity (Wildman–Crippen MR) is 142 cm³/mol. The Hall–Kier alpha value is -3.65. The Kier molecular flexibility index (Phi) is 7.97. The molecule has 0 radical (unpaired) electrons. The van der Waals surface area contributed by atoms with Crippen molar-refractivity contribution < 1.29 is 19.1 Å². The first-order valence-corrected chi connectivity index (χ1v) is 12.8. The summed E-state index contributed by atoms with van der Waals surface area (Å²) in [5, 5.41) is 2.97. The number of nitrogens with one attached hydrogen (secondary N) is 1. The molecule has 0 aromatic heterocycles. The van der Waals surface area contributed by atoms with E-state index in [1.807, 2.05) is 74.2 Å². The van der Waals surface area contributed by atoms with Crippen molar-refractivity contribution in [2.24, 2.45) is 0 Å². The number of urea groups is 1.